The highest BCUT2D eigenvalue weighted by Gasteiger charge is 2.17. The molecule has 2 rings (SSSR count). The van der Waals surface area contributed by atoms with Gasteiger partial charge in [0.25, 0.3) is 0 Å². The molecule has 82 valence electrons. The van der Waals surface area contributed by atoms with E-state index in [1.54, 1.807) is 0 Å². The van der Waals surface area contributed by atoms with Crippen molar-refractivity contribution in [3.05, 3.63) is 34.3 Å². The Balaban J connectivity index is 1.80. The van der Waals surface area contributed by atoms with E-state index in [-0.39, 0.29) is 0 Å². The van der Waals surface area contributed by atoms with E-state index in [1.807, 2.05) is 0 Å². The van der Waals surface area contributed by atoms with Gasteiger partial charge >= 0.3 is 0 Å². The smallest absolute Gasteiger partial charge is 0.0180 e. The zero-order chi connectivity index (χ0) is 10.7. The molecule has 0 spiro atoms. The highest BCUT2D eigenvalue weighted by atomic mass is 79.9. The fraction of sp³-hybridized carbons (Fsp3) is 0.500. The minimum Gasteiger partial charge on any atom is -0.326 e. The maximum atomic E-state index is 5.87. The highest BCUT2D eigenvalue weighted by molar-refractivity contribution is 9.10. The first-order valence-electron chi connectivity index (χ1n) is 5.46. The van der Waals surface area contributed by atoms with Crippen LogP contribution in [0.4, 0.5) is 0 Å². The number of hydrogen-bond donors (Lipinski definition) is 1. The fourth-order valence-corrected chi connectivity index (χ4v) is 2.27. The second-order valence-corrected chi connectivity index (χ2v) is 5.14. The molecule has 0 radical (unpaired) electrons. The fourth-order valence-electron chi connectivity index (χ4n) is 2.00. The second kappa shape index (κ2) is 5.10. The van der Waals surface area contributed by atoms with Crippen LogP contribution >= 0.6 is 15.9 Å². The monoisotopic (exact) mass is 268 g/mol. The Labute approximate surface area is 99.6 Å². The number of halogens is 1. The molecule has 1 aromatic carbocycles. The molecular weight excluding hydrogens is 252 g/mol. The molecule has 2 nitrogen and oxygen atoms in total. The largest absolute Gasteiger partial charge is 0.326 e. The average Bonchev–Trinajstić information content (AvgIpc) is 2.64. The van der Waals surface area contributed by atoms with Crippen LogP contribution in [0.15, 0.2) is 28.7 Å². The van der Waals surface area contributed by atoms with Crippen LogP contribution in [0.5, 0.6) is 0 Å². The summed E-state index contributed by atoms with van der Waals surface area (Å²) >= 11 is 3.44. The van der Waals surface area contributed by atoms with Gasteiger partial charge in [-0.15, -0.1) is 0 Å². The molecule has 1 saturated heterocycles. The molecule has 0 saturated carbocycles. The number of benzene rings is 1. The standard InChI is InChI=1S/C12H17BrN2/c13-11-3-1-10(2-4-11)5-7-15-8-6-12(14)9-15/h1-4,12H,5-9,14H2. The van der Waals surface area contributed by atoms with Gasteiger partial charge in [0, 0.05) is 23.6 Å². The van der Waals surface area contributed by atoms with E-state index >= 15 is 0 Å². The molecule has 1 heterocycles. The van der Waals surface area contributed by atoms with Crippen LogP contribution in [-0.2, 0) is 6.42 Å². The van der Waals surface area contributed by atoms with E-state index in [4.69, 9.17) is 5.73 Å². The van der Waals surface area contributed by atoms with Crippen molar-refractivity contribution in [2.45, 2.75) is 18.9 Å². The second-order valence-electron chi connectivity index (χ2n) is 4.23. The van der Waals surface area contributed by atoms with Crippen LogP contribution in [0, 0.1) is 0 Å². The molecule has 0 amide bonds. The van der Waals surface area contributed by atoms with Gasteiger partial charge in [0.1, 0.15) is 0 Å². The number of likely N-dealkylation sites (tertiary alicyclic amines) is 1. The van der Waals surface area contributed by atoms with Crippen molar-refractivity contribution >= 4 is 15.9 Å². The van der Waals surface area contributed by atoms with Crippen molar-refractivity contribution in [2.24, 2.45) is 5.73 Å². The lowest BCUT2D eigenvalue weighted by atomic mass is 10.1. The maximum Gasteiger partial charge on any atom is 0.0180 e. The lowest BCUT2D eigenvalue weighted by Crippen LogP contribution is -2.28. The first-order chi connectivity index (χ1) is 7.24. The van der Waals surface area contributed by atoms with Crippen LogP contribution in [0.3, 0.4) is 0 Å². The third-order valence-electron chi connectivity index (χ3n) is 2.94. The van der Waals surface area contributed by atoms with Gasteiger partial charge in [0.2, 0.25) is 0 Å². The molecule has 15 heavy (non-hydrogen) atoms. The molecule has 1 aliphatic rings. The topological polar surface area (TPSA) is 29.3 Å². The zero-order valence-corrected chi connectivity index (χ0v) is 10.4. The predicted octanol–water partition coefficient (Wildman–Crippen LogP) is 2.02. The van der Waals surface area contributed by atoms with Gasteiger partial charge < -0.3 is 10.6 Å². The zero-order valence-electron chi connectivity index (χ0n) is 8.82. The minimum atomic E-state index is 0.398. The quantitative estimate of drug-likeness (QED) is 0.909. The average molecular weight is 269 g/mol. The lowest BCUT2D eigenvalue weighted by molar-refractivity contribution is 0.339. The molecule has 0 aromatic heterocycles. The van der Waals surface area contributed by atoms with Crippen molar-refractivity contribution in [3.8, 4) is 0 Å². The SMILES string of the molecule is NC1CCN(CCc2ccc(Br)cc2)C1. The maximum absolute atomic E-state index is 5.87. The van der Waals surface area contributed by atoms with Crippen LogP contribution in [-0.4, -0.2) is 30.6 Å². The van der Waals surface area contributed by atoms with E-state index in [0.29, 0.717) is 6.04 Å². The van der Waals surface area contributed by atoms with Crippen LogP contribution in [0.1, 0.15) is 12.0 Å². The number of hydrogen-bond acceptors (Lipinski definition) is 2. The lowest BCUT2D eigenvalue weighted by Gasteiger charge is -2.14. The highest BCUT2D eigenvalue weighted by Crippen LogP contribution is 2.12. The molecule has 0 bridgehead atoms. The molecule has 1 unspecified atom stereocenters. The van der Waals surface area contributed by atoms with Crippen molar-refractivity contribution in [3.63, 3.8) is 0 Å². The van der Waals surface area contributed by atoms with E-state index in [2.05, 4.69) is 45.1 Å². The van der Waals surface area contributed by atoms with Crippen molar-refractivity contribution < 1.29 is 0 Å². The third kappa shape index (κ3) is 3.30. The summed E-state index contributed by atoms with van der Waals surface area (Å²) in [5.74, 6) is 0. The van der Waals surface area contributed by atoms with E-state index in [0.717, 1.165) is 36.9 Å². The van der Waals surface area contributed by atoms with Gasteiger partial charge in [0.15, 0.2) is 0 Å². The molecular formula is C12H17BrN2. The summed E-state index contributed by atoms with van der Waals surface area (Å²) in [6.07, 6.45) is 2.28. The number of nitrogens with zero attached hydrogens (tertiary/aromatic N) is 1. The summed E-state index contributed by atoms with van der Waals surface area (Å²) in [5, 5.41) is 0. The molecule has 0 aliphatic carbocycles. The van der Waals surface area contributed by atoms with Crippen molar-refractivity contribution in [1.29, 1.82) is 0 Å². The summed E-state index contributed by atoms with van der Waals surface area (Å²) in [4.78, 5) is 2.45. The Kier molecular flexibility index (Phi) is 3.78. The number of nitrogens with two attached hydrogens (primary N) is 1. The normalized spacial score (nSPS) is 22.1. The molecule has 1 atom stereocenters. The summed E-state index contributed by atoms with van der Waals surface area (Å²) in [5.41, 5.74) is 7.27. The summed E-state index contributed by atoms with van der Waals surface area (Å²) < 4.78 is 1.15. The van der Waals surface area contributed by atoms with Crippen LogP contribution in [0.2, 0.25) is 0 Å². The molecule has 1 fully saturated rings. The molecule has 1 aromatic rings. The number of rotatable bonds is 3. The minimum absolute atomic E-state index is 0.398. The van der Waals surface area contributed by atoms with Crippen LogP contribution < -0.4 is 5.73 Å². The summed E-state index contributed by atoms with van der Waals surface area (Å²) in [6.45, 7) is 3.36. The van der Waals surface area contributed by atoms with E-state index in [9.17, 15) is 0 Å². The van der Waals surface area contributed by atoms with E-state index in [1.165, 1.54) is 5.56 Å². The van der Waals surface area contributed by atoms with Crippen molar-refractivity contribution in [1.82, 2.24) is 4.90 Å². The Hall–Kier alpha value is -0.380. The Bertz CT molecular complexity index is 310. The van der Waals surface area contributed by atoms with Gasteiger partial charge in [-0.1, -0.05) is 28.1 Å². The van der Waals surface area contributed by atoms with E-state index < -0.39 is 0 Å². The Morgan fingerprint density at radius 1 is 1.33 bits per heavy atom. The van der Waals surface area contributed by atoms with Gasteiger partial charge in [-0.2, -0.15) is 0 Å². The Morgan fingerprint density at radius 3 is 2.67 bits per heavy atom. The van der Waals surface area contributed by atoms with Gasteiger partial charge in [-0.3, -0.25) is 0 Å². The van der Waals surface area contributed by atoms with Crippen LogP contribution in [0.25, 0.3) is 0 Å². The summed E-state index contributed by atoms with van der Waals surface area (Å²) in [7, 11) is 0. The van der Waals surface area contributed by atoms with Gasteiger partial charge in [-0.25, -0.2) is 0 Å². The molecule has 2 N–H and O–H groups in total. The third-order valence-corrected chi connectivity index (χ3v) is 3.47. The van der Waals surface area contributed by atoms with Gasteiger partial charge in [-0.05, 0) is 37.1 Å². The Morgan fingerprint density at radius 2 is 2.07 bits per heavy atom. The van der Waals surface area contributed by atoms with Gasteiger partial charge in [0.05, 0.1) is 0 Å². The molecule has 3 heteroatoms. The van der Waals surface area contributed by atoms with Crippen molar-refractivity contribution in [2.75, 3.05) is 19.6 Å². The molecule has 1 aliphatic heterocycles. The first kappa shape index (κ1) is 11.1. The first-order valence-corrected chi connectivity index (χ1v) is 6.26. The predicted molar refractivity (Wildman–Crippen MR) is 66.9 cm³/mol. The summed E-state index contributed by atoms with van der Waals surface area (Å²) in [6, 6.07) is 8.96.